The van der Waals surface area contributed by atoms with Crippen LogP contribution in [0.5, 0.6) is 5.75 Å². The maximum atomic E-state index is 12.7. The number of nitrogens with zero attached hydrogens (tertiary/aromatic N) is 1. The molecular weight excluding hydrogens is 458 g/mol. The number of nitriles is 1. The van der Waals surface area contributed by atoms with E-state index in [0.717, 1.165) is 11.1 Å². The Bertz CT molecular complexity index is 1350. The van der Waals surface area contributed by atoms with E-state index in [4.69, 9.17) is 4.74 Å². The Morgan fingerprint density at radius 1 is 0.917 bits per heavy atom. The SMILES string of the molecule is COC(=O)c1ccc(NC(=O)/C(C#N)=C\c2ccccc2OCC(=O)Nc2ccc(C)c(C)c2)cc1. The van der Waals surface area contributed by atoms with Gasteiger partial charge in [-0.05, 0) is 73.5 Å². The van der Waals surface area contributed by atoms with E-state index >= 15 is 0 Å². The Morgan fingerprint density at radius 2 is 1.61 bits per heavy atom. The molecule has 0 fully saturated rings. The molecule has 0 atom stereocenters. The van der Waals surface area contributed by atoms with E-state index in [0.29, 0.717) is 28.3 Å². The summed E-state index contributed by atoms with van der Waals surface area (Å²) in [6.07, 6.45) is 1.38. The second-order valence-corrected chi connectivity index (χ2v) is 7.87. The van der Waals surface area contributed by atoms with Gasteiger partial charge in [0.25, 0.3) is 11.8 Å². The first kappa shape index (κ1) is 25.7. The number of amides is 2. The standard InChI is InChI=1S/C28H25N3O5/c1-18-8-11-24(14-19(18)2)30-26(32)17-36-25-7-5-4-6-21(25)15-22(16-29)27(33)31-23-12-9-20(10-13-23)28(34)35-3/h4-15H,17H2,1-3H3,(H,30,32)(H,31,33)/b22-15-. The maximum Gasteiger partial charge on any atom is 0.337 e. The van der Waals surface area contributed by atoms with Crippen LogP contribution in [0.3, 0.4) is 0 Å². The molecule has 8 heteroatoms. The number of aryl methyl sites for hydroxylation is 2. The molecule has 2 N–H and O–H groups in total. The quantitative estimate of drug-likeness (QED) is 0.274. The molecular formula is C28H25N3O5. The van der Waals surface area contributed by atoms with Crippen LogP contribution in [0, 0.1) is 25.2 Å². The minimum Gasteiger partial charge on any atom is -0.483 e. The lowest BCUT2D eigenvalue weighted by Crippen LogP contribution is -2.20. The Hall–Kier alpha value is -4.90. The largest absolute Gasteiger partial charge is 0.483 e. The van der Waals surface area contributed by atoms with Crippen LogP contribution < -0.4 is 15.4 Å². The van der Waals surface area contributed by atoms with E-state index in [9.17, 15) is 19.6 Å². The molecule has 3 aromatic rings. The van der Waals surface area contributed by atoms with Gasteiger partial charge in [0.05, 0.1) is 12.7 Å². The van der Waals surface area contributed by atoms with Gasteiger partial charge in [-0.3, -0.25) is 9.59 Å². The zero-order valence-corrected chi connectivity index (χ0v) is 20.1. The smallest absolute Gasteiger partial charge is 0.337 e. The van der Waals surface area contributed by atoms with Crippen LogP contribution in [-0.4, -0.2) is 31.5 Å². The Balaban J connectivity index is 1.68. The number of rotatable bonds is 8. The Kier molecular flexibility index (Phi) is 8.57. The van der Waals surface area contributed by atoms with Gasteiger partial charge >= 0.3 is 5.97 Å². The molecule has 0 aliphatic rings. The molecule has 3 aromatic carbocycles. The van der Waals surface area contributed by atoms with Gasteiger partial charge in [0.2, 0.25) is 0 Å². The van der Waals surface area contributed by atoms with E-state index in [2.05, 4.69) is 15.4 Å². The number of hydrogen-bond donors (Lipinski definition) is 2. The normalized spacial score (nSPS) is 10.7. The first-order valence-electron chi connectivity index (χ1n) is 11.0. The summed E-state index contributed by atoms with van der Waals surface area (Å²) in [5.41, 5.74) is 3.89. The number of hydrogen-bond acceptors (Lipinski definition) is 6. The molecule has 2 amide bonds. The summed E-state index contributed by atoms with van der Waals surface area (Å²) in [6.45, 7) is 3.70. The van der Waals surface area contributed by atoms with Gasteiger partial charge in [0, 0.05) is 16.9 Å². The summed E-state index contributed by atoms with van der Waals surface area (Å²) in [4.78, 5) is 36.6. The second-order valence-electron chi connectivity index (χ2n) is 7.87. The third kappa shape index (κ3) is 6.81. The van der Waals surface area contributed by atoms with Crippen LogP contribution in [-0.2, 0) is 14.3 Å². The van der Waals surface area contributed by atoms with E-state index in [1.54, 1.807) is 24.3 Å². The number of benzene rings is 3. The number of esters is 1. The lowest BCUT2D eigenvalue weighted by Gasteiger charge is -2.11. The lowest BCUT2D eigenvalue weighted by atomic mass is 10.1. The number of para-hydroxylation sites is 1. The Labute approximate surface area is 209 Å². The molecule has 3 rings (SSSR count). The highest BCUT2D eigenvalue weighted by Crippen LogP contribution is 2.22. The van der Waals surface area contributed by atoms with Gasteiger partial charge in [0.15, 0.2) is 6.61 Å². The van der Waals surface area contributed by atoms with Crippen molar-refractivity contribution in [3.05, 3.63) is 94.6 Å². The van der Waals surface area contributed by atoms with Crippen molar-refractivity contribution in [3.8, 4) is 11.8 Å². The van der Waals surface area contributed by atoms with Gasteiger partial charge in [-0.2, -0.15) is 5.26 Å². The van der Waals surface area contributed by atoms with Crippen LogP contribution >= 0.6 is 0 Å². The highest BCUT2D eigenvalue weighted by Gasteiger charge is 2.13. The summed E-state index contributed by atoms with van der Waals surface area (Å²) < 4.78 is 10.3. The van der Waals surface area contributed by atoms with Crippen LogP contribution in [0.25, 0.3) is 6.08 Å². The molecule has 0 aliphatic carbocycles. The fraction of sp³-hybridized carbons (Fsp3) is 0.143. The fourth-order valence-electron chi connectivity index (χ4n) is 3.20. The number of ether oxygens (including phenoxy) is 2. The number of nitrogens with one attached hydrogen (secondary N) is 2. The predicted octanol–water partition coefficient (Wildman–Crippen LogP) is 4.65. The monoisotopic (exact) mass is 483 g/mol. The second kappa shape index (κ2) is 12.0. The molecule has 0 saturated heterocycles. The van der Waals surface area contributed by atoms with Crippen molar-refractivity contribution in [1.29, 1.82) is 5.26 Å². The van der Waals surface area contributed by atoms with Crippen LogP contribution in [0.1, 0.15) is 27.0 Å². The molecule has 0 aromatic heterocycles. The highest BCUT2D eigenvalue weighted by molar-refractivity contribution is 6.10. The van der Waals surface area contributed by atoms with Crippen molar-refractivity contribution in [2.24, 2.45) is 0 Å². The van der Waals surface area contributed by atoms with Crippen LogP contribution in [0.15, 0.2) is 72.3 Å². The average Bonchev–Trinajstić information content (AvgIpc) is 2.88. The maximum absolute atomic E-state index is 12.7. The fourth-order valence-corrected chi connectivity index (χ4v) is 3.20. The van der Waals surface area contributed by atoms with Crippen molar-refractivity contribution >= 4 is 35.2 Å². The van der Waals surface area contributed by atoms with Crippen molar-refractivity contribution in [2.45, 2.75) is 13.8 Å². The number of anilines is 2. The molecule has 0 unspecified atom stereocenters. The van der Waals surface area contributed by atoms with Crippen molar-refractivity contribution < 1.29 is 23.9 Å². The molecule has 0 aliphatic heterocycles. The minimum atomic E-state index is -0.634. The topological polar surface area (TPSA) is 118 Å². The molecule has 0 spiro atoms. The van der Waals surface area contributed by atoms with E-state index < -0.39 is 11.9 Å². The minimum absolute atomic E-state index is 0.164. The van der Waals surface area contributed by atoms with Crippen molar-refractivity contribution in [2.75, 3.05) is 24.4 Å². The molecule has 0 heterocycles. The number of methoxy groups -OCH3 is 1. The molecule has 0 radical (unpaired) electrons. The van der Waals surface area contributed by atoms with Crippen molar-refractivity contribution in [1.82, 2.24) is 0 Å². The summed E-state index contributed by atoms with van der Waals surface area (Å²) in [5.74, 6) is -1.13. The molecule has 8 nitrogen and oxygen atoms in total. The van der Waals surface area contributed by atoms with Crippen LogP contribution in [0.4, 0.5) is 11.4 Å². The van der Waals surface area contributed by atoms with Gasteiger partial charge in [-0.1, -0.05) is 24.3 Å². The summed E-state index contributed by atoms with van der Waals surface area (Å²) in [5, 5.41) is 15.0. The first-order chi connectivity index (χ1) is 17.3. The van der Waals surface area contributed by atoms with Crippen LogP contribution in [0.2, 0.25) is 0 Å². The average molecular weight is 484 g/mol. The summed E-state index contributed by atoms with van der Waals surface area (Å²) in [6, 6.07) is 20.3. The van der Waals surface area contributed by atoms with E-state index in [1.807, 2.05) is 38.1 Å². The molecule has 0 saturated carbocycles. The van der Waals surface area contributed by atoms with E-state index in [-0.39, 0.29) is 18.1 Å². The molecule has 182 valence electrons. The zero-order chi connectivity index (χ0) is 26.1. The molecule has 0 bridgehead atoms. The highest BCUT2D eigenvalue weighted by atomic mass is 16.5. The summed E-state index contributed by atoms with van der Waals surface area (Å²) in [7, 11) is 1.28. The third-order valence-electron chi connectivity index (χ3n) is 5.30. The third-order valence-corrected chi connectivity index (χ3v) is 5.30. The number of carbonyl (C=O) groups is 3. The first-order valence-corrected chi connectivity index (χ1v) is 11.0. The van der Waals surface area contributed by atoms with E-state index in [1.165, 1.54) is 37.5 Å². The van der Waals surface area contributed by atoms with Gasteiger partial charge in [0.1, 0.15) is 17.4 Å². The Morgan fingerprint density at radius 3 is 2.28 bits per heavy atom. The lowest BCUT2D eigenvalue weighted by molar-refractivity contribution is -0.118. The van der Waals surface area contributed by atoms with Gasteiger partial charge < -0.3 is 20.1 Å². The zero-order valence-electron chi connectivity index (χ0n) is 20.1. The predicted molar refractivity (Wildman–Crippen MR) is 136 cm³/mol. The molecule has 36 heavy (non-hydrogen) atoms. The number of carbonyl (C=O) groups excluding carboxylic acids is 3. The van der Waals surface area contributed by atoms with Crippen molar-refractivity contribution in [3.63, 3.8) is 0 Å². The van der Waals surface area contributed by atoms with Gasteiger partial charge in [-0.15, -0.1) is 0 Å². The van der Waals surface area contributed by atoms with Gasteiger partial charge in [-0.25, -0.2) is 4.79 Å². The summed E-state index contributed by atoms with van der Waals surface area (Å²) >= 11 is 0.